The van der Waals surface area contributed by atoms with Crippen molar-refractivity contribution < 1.29 is 4.79 Å². The van der Waals surface area contributed by atoms with Gasteiger partial charge in [-0.05, 0) is 42.8 Å². The van der Waals surface area contributed by atoms with Gasteiger partial charge in [-0.1, -0.05) is 0 Å². The van der Waals surface area contributed by atoms with Crippen molar-refractivity contribution >= 4 is 11.7 Å². The second-order valence-electron chi connectivity index (χ2n) is 6.12. The zero-order valence-corrected chi connectivity index (χ0v) is 14.5. The van der Waals surface area contributed by atoms with Crippen LogP contribution < -0.4 is 5.32 Å². The quantitative estimate of drug-likeness (QED) is 0.771. The number of benzene rings is 1. The molecule has 0 spiro atoms. The number of carbonyl (C=O) groups is 1. The number of aromatic nitrogens is 5. The maximum absolute atomic E-state index is 12.9. The van der Waals surface area contributed by atoms with Crippen molar-refractivity contribution in [1.29, 1.82) is 0 Å². The van der Waals surface area contributed by atoms with Gasteiger partial charge in [0, 0.05) is 37.3 Å². The number of anilines is 1. The molecule has 8 nitrogen and oxygen atoms in total. The summed E-state index contributed by atoms with van der Waals surface area (Å²) in [7, 11) is 0. The van der Waals surface area contributed by atoms with E-state index in [1.54, 1.807) is 17.2 Å². The fourth-order valence-electron chi connectivity index (χ4n) is 3.06. The average molecular weight is 349 g/mol. The van der Waals surface area contributed by atoms with E-state index in [1.165, 1.54) is 0 Å². The number of carbonyl (C=O) groups excluding carboxylic acids is 1. The van der Waals surface area contributed by atoms with Crippen molar-refractivity contribution in [3.05, 3.63) is 59.8 Å². The minimum absolute atomic E-state index is 0.0211. The highest BCUT2D eigenvalue weighted by Crippen LogP contribution is 2.21. The summed E-state index contributed by atoms with van der Waals surface area (Å²) < 4.78 is 1.80. The summed E-state index contributed by atoms with van der Waals surface area (Å²) in [6.45, 7) is 4.00. The Bertz CT molecular complexity index is 906. The van der Waals surface area contributed by atoms with Crippen molar-refractivity contribution in [1.82, 2.24) is 29.9 Å². The highest BCUT2D eigenvalue weighted by Gasteiger charge is 2.23. The van der Waals surface area contributed by atoms with E-state index >= 15 is 0 Å². The summed E-state index contributed by atoms with van der Waals surface area (Å²) >= 11 is 0. The smallest absolute Gasteiger partial charge is 0.254 e. The lowest BCUT2D eigenvalue weighted by Gasteiger charge is -2.28. The molecule has 4 rings (SSSR count). The van der Waals surface area contributed by atoms with Crippen molar-refractivity contribution in [3.63, 3.8) is 0 Å². The molecule has 8 heteroatoms. The molecule has 0 saturated heterocycles. The Morgan fingerprint density at radius 1 is 1.15 bits per heavy atom. The van der Waals surface area contributed by atoms with Crippen LogP contribution in [-0.2, 0) is 13.0 Å². The van der Waals surface area contributed by atoms with Gasteiger partial charge < -0.3 is 10.2 Å². The number of fused-ring (bicyclic) bond motifs is 1. The molecule has 0 atom stereocenters. The highest BCUT2D eigenvalue weighted by molar-refractivity contribution is 5.94. The number of hydrogen-bond acceptors (Lipinski definition) is 6. The van der Waals surface area contributed by atoms with Crippen LogP contribution in [0.2, 0.25) is 0 Å². The largest absolute Gasteiger partial charge is 0.369 e. The maximum Gasteiger partial charge on any atom is 0.254 e. The predicted octanol–water partition coefficient (Wildman–Crippen LogP) is 1.69. The molecule has 0 saturated carbocycles. The van der Waals surface area contributed by atoms with Gasteiger partial charge in [-0.3, -0.25) is 9.36 Å². The summed E-state index contributed by atoms with van der Waals surface area (Å²) in [5, 5.41) is 19.2. The summed E-state index contributed by atoms with van der Waals surface area (Å²) in [5.41, 5.74) is 3.61. The Kier molecular flexibility index (Phi) is 4.30. The van der Waals surface area contributed by atoms with E-state index in [9.17, 15) is 4.79 Å². The second kappa shape index (κ2) is 6.91. The Labute approximate surface area is 150 Å². The fourth-order valence-corrected chi connectivity index (χ4v) is 3.06. The molecule has 0 fully saturated rings. The topological polar surface area (TPSA) is 88.8 Å². The molecular weight excluding hydrogens is 330 g/mol. The Balaban J connectivity index is 1.51. The first kappa shape index (κ1) is 16.2. The maximum atomic E-state index is 12.9. The standard InChI is InChI=1S/C18H19N7O/c1-2-19-17-9-14-10-24(8-7-16(14)22-23-17)18(26)13-3-5-15(6-4-13)25-11-20-21-12-25/h3-6,9,11-12H,2,7-8,10H2,1H3,(H,19,23). The lowest BCUT2D eigenvalue weighted by Crippen LogP contribution is -2.36. The number of nitrogens with zero attached hydrogens (tertiary/aromatic N) is 6. The van der Waals surface area contributed by atoms with Crippen LogP contribution >= 0.6 is 0 Å². The number of nitrogens with one attached hydrogen (secondary N) is 1. The Morgan fingerprint density at radius 2 is 1.92 bits per heavy atom. The molecule has 0 unspecified atom stereocenters. The third-order valence-corrected chi connectivity index (χ3v) is 4.42. The molecule has 1 N–H and O–H groups in total. The van der Waals surface area contributed by atoms with Crippen LogP contribution in [0.5, 0.6) is 0 Å². The number of rotatable bonds is 4. The molecule has 0 radical (unpaired) electrons. The predicted molar refractivity (Wildman–Crippen MR) is 96.0 cm³/mol. The van der Waals surface area contributed by atoms with Crippen molar-refractivity contribution in [3.8, 4) is 5.69 Å². The van der Waals surface area contributed by atoms with Crippen LogP contribution in [0.4, 0.5) is 5.82 Å². The van der Waals surface area contributed by atoms with Crippen LogP contribution in [0.15, 0.2) is 43.0 Å². The monoisotopic (exact) mass is 349 g/mol. The van der Waals surface area contributed by atoms with E-state index in [1.807, 2.05) is 42.2 Å². The summed E-state index contributed by atoms with van der Waals surface area (Å²) in [6, 6.07) is 9.44. The lowest BCUT2D eigenvalue weighted by molar-refractivity contribution is 0.0733. The third-order valence-electron chi connectivity index (χ3n) is 4.42. The first-order chi connectivity index (χ1) is 12.7. The van der Waals surface area contributed by atoms with Gasteiger partial charge in [0.1, 0.15) is 18.5 Å². The molecular formula is C18H19N7O. The summed E-state index contributed by atoms with van der Waals surface area (Å²) in [6.07, 6.45) is 3.97. The first-order valence-corrected chi connectivity index (χ1v) is 8.58. The highest BCUT2D eigenvalue weighted by atomic mass is 16.2. The minimum Gasteiger partial charge on any atom is -0.369 e. The van der Waals surface area contributed by atoms with Crippen LogP contribution in [0.25, 0.3) is 5.69 Å². The van der Waals surface area contributed by atoms with Crippen LogP contribution in [-0.4, -0.2) is 48.9 Å². The summed E-state index contributed by atoms with van der Waals surface area (Å²) in [4.78, 5) is 14.7. The van der Waals surface area contributed by atoms with Gasteiger partial charge in [-0.15, -0.1) is 15.3 Å². The van der Waals surface area contributed by atoms with E-state index in [0.717, 1.165) is 35.7 Å². The number of amides is 1. The van der Waals surface area contributed by atoms with Gasteiger partial charge in [0.2, 0.25) is 0 Å². The lowest BCUT2D eigenvalue weighted by atomic mass is 10.0. The first-order valence-electron chi connectivity index (χ1n) is 8.58. The van der Waals surface area contributed by atoms with Gasteiger partial charge in [0.05, 0.1) is 5.69 Å². The average Bonchev–Trinajstić information content (AvgIpc) is 3.22. The molecule has 0 aliphatic carbocycles. The van der Waals surface area contributed by atoms with Crippen LogP contribution in [0, 0.1) is 0 Å². The van der Waals surface area contributed by atoms with Crippen molar-refractivity contribution in [2.24, 2.45) is 0 Å². The Morgan fingerprint density at radius 3 is 2.65 bits per heavy atom. The molecule has 1 amide bonds. The fraction of sp³-hybridized carbons (Fsp3) is 0.278. The normalized spacial score (nSPS) is 13.3. The molecule has 0 bridgehead atoms. The van der Waals surface area contributed by atoms with Gasteiger partial charge >= 0.3 is 0 Å². The molecule has 3 heterocycles. The van der Waals surface area contributed by atoms with Gasteiger partial charge in [0.15, 0.2) is 0 Å². The zero-order chi connectivity index (χ0) is 17.9. The molecule has 1 aromatic carbocycles. The third kappa shape index (κ3) is 3.13. The molecule has 1 aliphatic rings. The summed E-state index contributed by atoms with van der Waals surface area (Å²) in [5.74, 6) is 0.770. The van der Waals surface area contributed by atoms with E-state index in [0.29, 0.717) is 18.7 Å². The van der Waals surface area contributed by atoms with Crippen molar-refractivity contribution in [2.75, 3.05) is 18.4 Å². The molecule has 1 aliphatic heterocycles. The molecule has 3 aromatic rings. The molecule has 132 valence electrons. The Hall–Kier alpha value is -3.29. The number of hydrogen-bond donors (Lipinski definition) is 1. The molecule has 2 aromatic heterocycles. The van der Waals surface area contributed by atoms with E-state index < -0.39 is 0 Å². The SMILES string of the molecule is CCNc1cc2c(nn1)CCN(C(=O)c1ccc(-n3cnnc3)cc1)C2. The van der Waals surface area contributed by atoms with E-state index in [2.05, 4.69) is 25.7 Å². The van der Waals surface area contributed by atoms with Gasteiger partial charge in [-0.25, -0.2) is 0 Å². The van der Waals surface area contributed by atoms with Gasteiger partial charge in [0.25, 0.3) is 5.91 Å². The second-order valence-corrected chi connectivity index (χ2v) is 6.12. The minimum atomic E-state index is 0.0211. The van der Waals surface area contributed by atoms with Crippen LogP contribution in [0.3, 0.4) is 0 Å². The van der Waals surface area contributed by atoms with E-state index in [-0.39, 0.29) is 5.91 Å². The van der Waals surface area contributed by atoms with E-state index in [4.69, 9.17) is 0 Å². The molecule has 26 heavy (non-hydrogen) atoms. The van der Waals surface area contributed by atoms with Crippen molar-refractivity contribution in [2.45, 2.75) is 19.9 Å². The van der Waals surface area contributed by atoms with Crippen LogP contribution in [0.1, 0.15) is 28.5 Å². The van der Waals surface area contributed by atoms with Gasteiger partial charge in [-0.2, -0.15) is 5.10 Å². The zero-order valence-electron chi connectivity index (χ0n) is 14.5.